The average Bonchev–Trinajstić information content (AvgIpc) is 2.99. The Morgan fingerprint density at radius 1 is 1.28 bits per heavy atom. The van der Waals surface area contributed by atoms with Crippen LogP contribution in [0.5, 0.6) is 11.5 Å². The van der Waals surface area contributed by atoms with Crippen LogP contribution in [0.4, 0.5) is 5.69 Å². The fraction of sp³-hybridized carbons (Fsp3) is 0.100. The number of thiocarbonyl (C=S) groups is 1. The predicted molar refractivity (Wildman–Crippen MR) is 113 cm³/mol. The smallest absolute Gasteiger partial charge is 0.341 e. The van der Waals surface area contributed by atoms with Crippen LogP contribution in [0.25, 0.3) is 6.08 Å². The summed E-state index contributed by atoms with van der Waals surface area (Å²) in [4.78, 5) is 25.4. The SMILES string of the molecule is COc1cc(C=C2SC(=S)N(c3ccc(C#N)cc3)C2=O)ccc1OCC(=O)O. The van der Waals surface area contributed by atoms with Gasteiger partial charge in [-0.05, 0) is 48.0 Å². The van der Waals surface area contributed by atoms with E-state index in [9.17, 15) is 9.59 Å². The van der Waals surface area contributed by atoms with Gasteiger partial charge in [-0.3, -0.25) is 9.69 Å². The number of carboxylic acid groups (broad SMARTS) is 1. The molecule has 0 spiro atoms. The van der Waals surface area contributed by atoms with Crippen LogP contribution >= 0.6 is 24.0 Å². The summed E-state index contributed by atoms with van der Waals surface area (Å²) in [6, 6.07) is 13.5. The molecule has 3 rings (SSSR count). The molecule has 1 saturated heterocycles. The Morgan fingerprint density at radius 3 is 2.62 bits per heavy atom. The lowest BCUT2D eigenvalue weighted by Crippen LogP contribution is -2.27. The van der Waals surface area contributed by atoms with Crippen molar-refractivity contribution in [2.75, 3.05) is 18.6 Å². The maximum atomic E-state index is 12.8. The van der Waals surface area contributed by atoms with Gasteiger partial charge >= 0.3 is 5.97 Å². The third-order valence-electron chi connectivity index (χ3n) is 3.88. The zero-order valence-corrected chi connectivity index (χ0v) is 16.8. The summed E-state index contributed by atoms with van der Waals surface area (Å²) < 4.78 is 10.8. The van der Waals surface area contributed by atoms with Crippen LogP contribution in [0.2, 0.25) is 0 Å². The van der Waals surface area contributed by atoms with Gasteiger partial charge in [0.05, 0.1) is 29.3 Å². The normalized spacial score (nSPS) is 14.8. The quantitative estimate of drug-likeness (QED) is 0.554. The number of hydrogen-bond donors (Lipinski definition) is 1. The number of nitrogens with zero attached hydrogens (tertiary/aromatic N) is 2. The van der Waals surface area contributed by atoms with Gasteiger partial charge in [-0.2, -0.15) is 5.26 Å². The minimum atomic E-state index is -1.09. The summed E-state index contributed by atoms with van der Waals surface area (Å²) in [5.74, 6) is -0.725. The number of carbonyl (C=O) groups excluding carboxylic acids is 1. The lowest BCUT2D eigenvalue weighted by Gasteiger charge is -2.14. The van der Waals surface area contributed by atoms with E-state index in [1.807, 2.05) is 6.07 Å². The van der Waals surface area contributed by atoms with Gasteiger partial charge in [0.25, 0.3) is 5.91 Å². The number of rotatable bonds is 6. The van der Waals surface area contributed by atoms with Crippen molar-refractivity contribution >= 4 is 51.9 Å². The van der Waals surface area contributed by atoms with Crippen LogP contribution in [0.15, 0.2) is 47.4 Å². The van der Waals surface area contributed by atoms with Crippen LogP contribution in [0.1, 0.15) is 11.1 Å². The Morgan fingerprint density at radius 2 is 2.00 bits per heavy atom. The number of thioether (sulfide) groups is 1. The van der Waals surface area contributed by atoms with Crippen LogP contribution in [-0.2, 0) is 9.59 Å². The number of hydrogen-bond acceptors (Lipinski definition) is 7. The molecule has 0 bridgehead atoms. The molecule has 0 unspecified atom stereocenters. The van der Waals surface area contributed by atoms with Crippen molar-refractivity contribution in [1.29, 1.82) is 5.26 Å². The Labute approximate surface area is 176 Å². The Kier molecular flexibility index (Phi) is 6.16. The van der Waals surface area contributed by atoms with Gasteiger partial charge in [0.2, 0.25) is 0 Å². The Balaban J connectivity index is 1.85. The molecular formula is C20H14N2O5S2. The molecule has 0 aliphatic carbocycles. The van der Waals surface area contributed by atoms with Gasteiger partial charge < -0.3 is 14.6 Å². The zero-order valence-electron chi connectivity index (χ0n) is 15.1. The van der Waals surface area contributed by atoms with Crippen molar-refractivity contribution in [3.05, 3.63) is 58.5 Å². The zero-order chi connectivity index (χ0) is 21.0. The lowest BCUT2D eigenvalue weighted by molar-refractivity contribution is -0.139. The van der Waals surface area contributed by atoms with Crippen LogP contribution in [0, 0.1) is 11.3 Å². The van der Waals surface area contributed by atoms with E-state index in [1.165, 1.54) is 23.8 Å². The molecule has 9 heteroatoms. The molecule has 1 aliphatic heterocycles. The third-order valence-corrected chi connectivity index (χ3v) is 5.19. The molecular weight excluding hydrogens is 412 g/mol. The highest BCUT2D eigenvalue weighted by Crippen LogP contribution is 2.37. The highest BCUT2D eigenvalue weighted by molar-refractivity contribution is 8.27. The molecule has 0 saturated carbocycles. The summed E-state index contributed by atoms with van der Waals surface area (Å²) >= 11 is 6.51. The van der Waals surface area contributed by atoms with Crippen LogP contribution in [0.3, 0.4) is 0 Å². The number of benzene rings is 2. The summed E-state index contributed by atoms with van der Waals surface area (Å²) in [7, 11) is 1.44. The van der Waals surface area contributed by atoms with Crippen molar-refractivity contribution in [3.8, 4) is 17.6 Å². The van der Waals surface area contributed by atoms with E-state index < -0.39 is 12.6 Å². The summed E-state index contributed by atoms with van der Waals surface area (Å²) in [5.41, 5.74) is 1.75. The maximum absolute atomic E-state index is 12.8. The van der Waals surface area contributed by atoms with E-state index in [0.717, 1.165) is 0 Å². The number of ether oxygens (including phenoxy) is 2. The third kappa shape index (κ3) is 4.56. The molecule has 2 aromatic carbocycles. The van der Waals surface area contributed by atoms with Gasteiger partial charge in [-0.15, -0.1) is 0 Å². The van der Waals surface area contributed by atoms with Gasteiger partial charge in [0.1, 0.15) is 0 Å². The molecule has 0 aromatic heterocycles. The van der Waals surface area contributed by atoms with Crippen molar-refractivity contribution in [2.45, 2.75) is 0 Å². The van der Waals surface area contributed by atoms with E-state index in [2.05, 4.69) is 0 Å². The second kappa shape index (κ2) is 8.77. The molecule has 7 nitrogen and oxygen atoms in total. The van der Waals surface area contributed by atoms with E-state index in [0.29, 0.717) is 31.8 Å². The first-order chi connectivity index (χ1) is 13.9. The molecule has 0 atom stereocenters. The topological polar surface area (TPSA) is 99.9 Å². The number of carbonyl (C=O) groups is 2. The largest absolute Gasteiger partial charge is 0.493 e. The molecule has 2 aromatic rings. The van der Waals surface area contributed by atoms with Gasteiger partial charge in [-0.1, -0.05) is 30.0 Å². The fourth-order valence-electron chi connectivity index (χ4n) is 2.56. The van der Waals surface area contributed by atoms with Gasteiger partial charge in [0, 0.05) is 0 Å². The highest BCUT2D eigenvalue weighted by Gasteiger charge is 2.33. The molecule has 1 fully saturated rings. The average molecular weight is 426 g/mol. The summed E-state index contributed by atoms with van der Waals surface area (Å²) in [6.45, 7) is -0.487. The van der Waals surface area contributed by atoms with Crippen LogP contribution in [-0.4, -0.2) is 35.0 Å². The van der Waals surface area contributed by atoms with Crippen molar-refractivity contribution < 1.29 is 24.2 Å². The molecule has 29 heavy (non-hydrogen) atoms. The predicted octanol–water partition coefficient (Wildman–Crippen LogP) is 3.44. The monoisotopic (exact) mass is 426 g/mol. The number of nitriles is 1. The van der Waals surface area contributed by atoms with Crippen molar-refractivity contribution in [1.82, 2.24) is 0 Å². The standard InChI is InChI=1S/C20H14N2O5S2/c1-26-16-8-13(4-7-15(16)27-11-18(23)24)9-17-19(25)22(20(28)29-17)14-5-2-12(10-21)3-6-14/h2-9H,11H2,1H3,(H,23,24). The molecule has 1 amide bonds. The maximum Gasteiger partial charge on any atom is 0.341 e. The second-order valence-corrected chi connectivity index (χ2v) is 7.44. The van der Waals surface area contributed by atoms with Crippen molar-refractivity contribution in [2.24, 2.45) is 0 Å². The molecule has 146 valence electrons. The summed E-state index contributed by atoms with van der Waals surface area (Å²) in [6.07, 6.45) is 1.67. The number of methoxy groups -OCH3 is 1. The molecule has 1 heterocycles. The first kappa shape index (κ1) is 20.4. The molecule has 1 N–H and O–H groups in total. The van der Waals surface area contributed by atoms with E-state index in [4.69, 9.17) is 32.1 Å². The fourth-order valence-corrected chi connectivity index (χ4v) is 3.86. The van der Waals surface area contributed by atoms with E-state index in [-0.39, 0.29) is 11.7 Å². The minimum absolute atomic E-state index is 0.269. The Hall–Kier alpha value is -3.35. The number of amides is 1. The Bertz CT molecular complexity index is 1060. The minimum Gasteiger partial charge on any atom is -0.493 e. The first-order valence-electron chi connectivity index (χ1n) is 8.23. The van der Waals surface area contributed by atoms with E-state index >= 15 is 0 Å². The molecule has 1 aliphatic rings. The second-order valence-electron chi connectivity index (χ2n) is 5.77. The van der Waals surface area contributed by atoms with Gasteiger partial charge in [0.15, 0.2) is 22.4 Å². The summed E-state index contributed by atoms with van der Waals surface area (Å²) in [5, 5.41) is 17.6. The number of anilines is 1. The first-order valence-corrected chi connectivity index (χ1v) is 9.46. The van der Waals surface area contributed by atoms with E-state index in [1.54, 1.807) is 48.5 Å². The molecule has 0 radical (unpaired) electrons. The lowest BCUT2D eigenvalue weighted by atomic mass is 10.1. The van der Waals surface area contributed by atoms with Crippen molar-refractivity contribution in [3.63, 3.8) is 0 Å². The number of carboxylic acids is 1. The number of aliphatic carboxylic acids is 1. The van der Waals surface area contributed by atoms with Gasteiger partial charge in [-0.25, -0.2) is 4.79 Å². The highest BCUT2D eigenvalue weighted by atomic mass is 32.2. The van der Waals surface area contributed by atoms with Crippen LogP contribution < -0.4 is 14.4 Å².